The number of carbonyl (C=O) groups is 3. The maximum Gasteiger partial charge on any atom is 0.352 e. The molecule has 2 aliphatic heterocycles. The number of halogens is 2. The van der Waals surface area contributed by atoms with Crippen LogP contribution < -0.4 is 11.1 Å². The zero-order chi connectivity index (χ0) is 26.9. The first kappa shape index (κ1) is 27.7. The molecule has 1 fully saturated rings. The van der Waals surface area contributed by atoms with Crippen molar-refractivity contribution in [2.75, 3.05) is 37.9 Å². The molecule has 13 nitrogen and oxygen atoms in total. The molecule has 37 heavy (non-hydrogen) atoms. The lowest BCUT2D eigenvalue weighted by Gasteiger charge is -2.49. The third kappa shape index (κ3) is 5.88. The Balaban J connectivity index is 1.47. The fraction of sp³-hybridized carbons (Fsp3) is 0.421. The number of tetrazole rings is 1. The first-order chi connectivity index (χ1) is 17.6. The quantitative estimate of drug-likeness (QED) is 0.199. The van der Waals surface area contributed by atoms with Crippen LogP contribution in [0.3, 0.4) is 0 Å². The van der Waals surface area contributed by atoms with Crippen LogP contribution in [-0.2, 0) is 20.9 Å². The number of fused-ring (bicyclic) bond motifs is 1. The number of hydrogen-bond donors (Lipinski definition) is 3. The number of thiazole rings is 1. The van der Waals surface area contributed by atoms with E-state index in [2.05, 4.69) is 25.8 Å². The molecule has 18 heteroatoms. The molecule has 0 aliphatic carbocycles. The number of carboxylic acid groups (broad SMARTS) is 1. The minimum atomic E-state index is -1.23. The maximum atomic E-state index is 13.0. The molecule has 1 saturated heterocycles. The van der Waals surface area contributed by atoms with Gasteiger partial charge in [-0.05, 0) is 30.1 Å². The minimum Gasteiger partial charge on any atom is -0.477 e. The van der Waals surface area contributed by atoms with Crippen LogP contribution in [0.5, 0.6) is 0 Å². The second kappa shape index (κ2) is 11.6. The molecule has 1 unspecified atom stereocenters. The Labute approximate surface area is 233 Å². The van der Waals surface area contributed by atoms with E-state index in [-0.39, 0.29) is 32.3 Å². The average molecular weight is 607 g/mol. The number of nitrogens with zero attached hydrogens (tertiary/aromatic N) is 7. The van der Waals surface area contributed by atoms with Gasteiger partial charge in [0.1, 0.15) is 21.6 Å². The number of anilines is 1. The molecular weight excluding hydrogens is 585 g/mol. The van der Waals surface area contributed by atoms with Gasteiger partial charge in [-0.15, -0.1) is 28.2 Å². The summed E-state index contributed by atoms with van der Waals surface area (Å²) in [5, 5.41) is 25.9. The first-order valence-electron chi connectivity index (χ1n) is 10.6. The lowest BCUT2D eigenvalue weighted by molar-refractivity contribution is -0.150. The van der Waals surface area contributed by atoms with Gasteiger partial charge < -0.3 is 21.1 Å². The number of aromatic nitrogens is 5. The Morgan fingerprint density at radius 3 is 2.76 bits per heavy atom. The summed E-state index contributed by atoms with van der Waals surface area (Å²) in [7, 11) is 3.87. The van der Waals surface area contributed by atoms with Gasteiger partial charge in [0.15, 0.2) is 5.13 Å². The highest BCUT2D eigenvalue weighted by Gasteiger charge is 2.54. The average Bonchev–Trinajstić information content (AvgIpc) is 3.47. The zero-order valence-corrected chi connectivity index (χ0v) is 23.4. The molecule has 0 spiro atoms. The van der Waals surface area contributed by atoms with E-state index in [1.165, 1.54) is 33.8 Å². The molecule has 2 aromatic rings. The molecule has 0 bridgehead atoms. The summed E-state index contributed by atoms with van der Waals surface area (Å²) in [5.41, 5.74) is 6.15. The van der Waals surface area contributed by atoms with Crippen LogP contribution in [-0.4, -0.2) is 101 Å². The number of thioether (sulfide) groups is 2. The van der Waals surface area contributed by atoms with Crippen molar-refractivity contribution < 1.29 is 19.5 Å². The number of nitrogen functional groups attached to an aromatic ring is 1. The fourth-order valence-electron chi connectivity index (χ4n) is 3.60. The third-order valence-electron chi connectivity index (χ3n) is 5.36. The van der Waals surface area contributed by atoms with E-state index in [1.807, 2.05) is 19.0 Å². The van der Waals surface area contributed by atoms with E-state index in [1.54, 1.807) is 4.68 Å². The second-order valence-corrected chi connectivity index (χ2v) is 12.0. The van der Waals surface area contributed by atoms with Gasteiger partial charge in [0.05, 0.1) is 17.8 Å². The molecule has 4 heterocycles. The number of rotatable bonds is 10. The van der Waals surface area contributed by atoms with Crippen molar-refractivity contribution in [3.05, 3.63) is 26.8 Å². The van der Waals surface area contributed by atoms with Crippen molar-refractivity contribution in [2.45, 2.75) is 23.1 Å². The van der Waals surface area contributed by atoms with E-state index in [0.717, 1.165) is 17.9 Å². The van der Waals surface area contributed by atoms with E-state index in [0.29, 0.717) is 23.0 Å². The number of nitrogens with one attached hydrogen (secondary N) is 1. The Kier molecular flexibility index (Phi) is 8.65. The summed E-state index contributed by atoms with van der Waals surface area (Å²) in [6.07, 6.45) is 0. The number of carbonyl (C=O) groups excluding carboxylic acids is 2. The van der Waals surface area contributed by atoms with Crippen molar-refractivity contribution >= 4 is 86.6 Å². The van der Waals surface area contributed by atoms with Crippen LogP contribution in [0.4, 0.5) is 5.13 Å². The van der Waals surface area contributed by atoms with Crippen LogP contribution in [0.1, 0.15) is 5.69 Å². The number of nitrogens with two attached hydrogens (primary N) is 1. The predicted octanol–water partition coefficient (Wildman–Crippen LogP) is 0.951. The molecule has 0 saturated carbocycles. The molecular formula is C19H21Cl2N9O4S3. The predicted molar refractivity (Wildman–Crippen MR) is 142 cm³/mol. The summed E-state index contributed by atoms with van der Waals surface area (Å²) in [6, 6.07) is -0.960. The molecule has 2 amide bonds. The summed E-state index contributed by atoms with van der Waals surface area (Å²) in [4.78, 5) is 45.3. The third-order valence-corrected chi connectivity index (χ3v) is 8.80. The lowest BCUT2D eigenvalue weighted by atomic mass is 10.0. The molecule has 198 valence electrons. The van der Waals surface area contributed by atoms with Crippen LogP contribution in [0.15, 0.2) is 26.3 Å². The molecule has 2 aromatic heterocycles. The number of β-lactam (4-membered cyclic amide) rings is 1. The smallest absolute Gasteiger partial charge is 0.352 e. The van der Waals surface area contributed by atoms with E-state index >= 15 is 0 Å². The number of carboxylic acids is 1. The topological polar surface area (TPSA) is 172 Å². The fourth-order valence-corrected chi connectivity index (χ4v) is 6.90. The summed E-state index contributed by atoms with van der Waals surface area (Å²) in [5.74, 6) is -1.87. The van der Waals surface area contributed by atoms with Gasteiger partial charge in [0.25, 0.3) is 11.8 Å². The Morgan fingerprint density at radius 1 is 1.38 bits per heavy atom. The van der Waals surface area contributed by atoms with Gasteiger partial charge in [-0.25, -0.2) is 14.5 Å². The minimum absolute atomic E-state index is 0.0996. The Morgan fingerprint density at radius 2 is 2.14 bits per heavy atom. The van der Waals surface area contributed by atoms with Gasteiger partial charge >= 0.3 is 5.97 Å². The van der Waals surface area contributed by atoms with Crippen LogP contribution in [0.25, 0.3) is 5.57 Å². The van der Waals surface area contributed by atoms with Gasteiger partial charge in [-0.1, -0.05) is 35.0 Å². The monoisotopic (exact) mass is 605 g/mol. The second-order valence-electron chi connectivity index (χ2n) is 8.10. The number of amides is 2. The molecule has 4 rings (SSSR count). The summed E-state index contributed by atoms with van der Waals surface area (Å²) in [6.45, 7) is 1.31. The van der Waals surface area contributed by atoms with Crippen molar-refractivity contribution in [1.29, 1.82) is 0 Å². The van der Waals surface area contributed by atoms with Crippen molar-refractivity contribution in [1.82, 2.24) is 40.3 Å². The molecule has 2 aliphatic rings. The van der Waals surface area contributed by atoms with Gasteiger partial charge in [0, 0.05) is 23.4 Å². The zero-order valence-electron chi connectivity index (χ0n) is 19.4. The van der Waals surface area contributed by atoms with Crippen molar-refractivity contribution in [2.24, 2.45) is 0 Å². The highest BCUT2D eigenvalue weighted by molar-refractivity contribution is 8.01. The Bertz CT molecular complexity index is 1290. The SMILES string of the molecule is CN(C)CCn1nnnc1SCC1=C(C(=O)O)N2C(=O)C(NC(=O)C(=C(Cl)Cl)c3csc(N)n3)[C@@H]2SC1. The van der Waals surface area contributed by atoms with Crippen LogP contribution in [0.2, 0.25) is 0 Å². The van der Waals surface area contributed by atoms with Gasteiger partial charge in [-0.3, -0.25) is 14.5 Å². The lowest BCUT2D eigenvalue weighted by Crippen LogP contribution is -2.70. The standard InChI is InChI=1S/C19H21Cl2N9O4S3/c1-28(2)3-4-29-19(25-26-27-29)37-6-8-5-35-16-11(15(32)30(16)12(8)17(33)34)24-14(31)10(13(20)21)9-7-36-18(22)23-9/h7,11,16H,3-6H2,1-2H3,(H2,22,23)(H,24,31)(H,33,34)/t11?,16-/m0/s1. The number of aliphatic carboxylic acids is 1. The van der Waals surface area contributed by atoms with E-state index in [9.17, 15) is 19.5 Å². The highest BCUT2D eigenvalue weighted by atomic mass is 35.5. The molecule has 0 aromatic carbocycles. The van der Waals surface area contributed by atoms with Crippen LogP contribution >= 0.6 is 58.1 Å². The highest BCUT2D eigenvalue weighted by Crippen LogP contribution is 2.42. The van der Waals surface area contributed by atoms with E-state index in [4.69, 9.17) is 28.9 Å². The van der Waals surface area contributed by atoms with Crippen molar-refractivity contribution in [3.8, 4) is 0 Å². The molecule has 0 radical (unpaired) electrons. The maximum absolute atomic E-state index is 13.0. The van der Waals surface area contributed by atoms with Gasteiger partial charge in [-0.2, -0.15) is 0 Å². The largest absolute Gasteiger partial charge is 0.477 e. The van der Waals surface area contributed by atoms with Crippen LogP contribution in [0, 0.1) is 0 Å². The summed E-state index contributed by atoms with van der Waals surface area (Å²) >= 11 is 15.6. The molecule has 4 N–H and O–H groups in total. The van der Waals surface area contributed by atoms with Crippen molar-refractivity contribution in [3.63, 3.8) is 0 Å². The Hall–Kier alpha value is -2.37. The van der Waals surface area contributed by atoms with E-state index < -0.39 is 29.2 Å². The molecule has 2 atom stereocenters. The van der Waals surface area contributed by atoms with Gasteiger partial charge in [0.2, 0.25) is 5.16 Å². The first-order valence-corrected chi connectivity index (χ1v) is 14.3. The summed E-state index contributed by atoms with van der Waals surface area (Å²) < 4.78 is 1.31. The normalized spacial score (nSPS) is 19.1. The number of hydrogen-bond acceptors (Lipinski definition) is 12. The number of likely N-dealkylation sites (N-methyl/N-ethyl adjacent to an activating group) is 1.